The number of carbonyl (C=O) groups excluding carboxylic acids is 2. The first-order chi connectivity index (χ1) is 10.9. The molecule has 1 unspecified atom stereocenters. The molecule has 0 aliphatic heterocycles. The van der Waals surface area contributed by atoms with Crippen LogP contribution in [0, 0.1) is 6.92 Å². The lowest BCUT2D eigenvalue weighted by Crippen LogP contribution is -2.22. The van der Waals surface area contributed by atoms with Gasteiger partial charge in [0.2, 0.25) is 5.91 Å². The van der Waals surface area contributed by atoms with Gasteiger partial charge in [0.05, 0.1) is 22.5 Å². The number of aromatic nitrogens is 2. The number of hydrogen-bond acceptors (Lipinski definition) is 4. The summed E-state index contributed by atoms with van der Waals surface area (Å²) in [6, 6.07) is 7.49. The highest BCUT2D eigenvalue weighted by Crippen LogP contribution is 2.33. The first kappa shape index (κ1) is 15.2. The molecule has 2 amide bonds. The Bertz CT molecular complexity index is 925. The van der Waals surface area contributed by atoms with Crippen molar-refractivity contribution in [2.45, 2.75) is 19.8 Å². The summed E-state index contributed by atoms with van der Waals surface area (Å²) in [6.45, 7) is 3.53. The second kappa shape index (κ2) is 5.51. The van der Waals surface area contributed by atoms with Gasteiger partial charge < -0.3 is 11.5 Å². The van der Waals surface area contributed by atoms with E-state index < -0.39 is 17.7 Å². The van der Waals surface area contributed by atoms with E-state index in [-0.39, 0.29) is 0 Å². The van der Waals surface area contributed by atoms with E-state index in [9.17, 15) is 9.59 Å². The maximum absolute atomic E-state index is 11.9. The third-order valence-corrected chi connectivity index (χ3v) is 4.89. The molecule has 0 radical (unpaired) electrons. The zero-order valence-corrected chi connectivity index (χ0v) is 13.6. The van der Waals surface area contributed by atoms with E-state index >= 15 is 0 Å². The van der Waals surface area contributed by atoms with E-state index in [0.717, 1.165) is 16.6 Å². The van der Waals surface area contributed by atoms with Gasteiger partial charge in [0.15, 0.2) is 0 Å². The molecule has 3 rings (SSSR count). The standard InChI is InChI=1S/C16H16N4O2S/c1-8-7-23-16(12(8)14(18)22)20-11-6-4-3-5-10(11)19-15(20)9(2)13(17)21/h3-7,9H,1-2H3,(H2,17,21)(H2,18,22). The van der Waals surface area contributed by atoms with Crippen molar-refractivity contribution in [2.24, 2.45) is 11.5 Å². The van der Waals surface area contributed by atoms with Gasteiger partial charge in [-0.1, -0.05) is 12.1 Å². The van der Waals surface area contributed by atoms with E-state index in [1.54, 1.807) is 6.92 Å². The highest BCUT2D eigenvalue weighted by atomic mass is 32.1. The van der Waals surface area contributed by atoms with Crippen molar-refractivity contribution in [3.63, 3.8) is 0 Å². The molecule has 0 aliphatic rings. The summed E-state index contributed by atoms with van der Waals surface area (Å²) in [5.74, 6) is -1.07. The Morgan fingerprint density at radius 3 is 2.61 bits per heavy atom. The Balaban J connectivity index is 2.38. The molecule has 0 fully saturated rings. The predicted molar refractivity (Wildman–Crippen MR) is 89.8 cm³/mol. The predicted octanol–water partition coefficient (Wildman–Crippen LogP) is 2.08. The summed E-state index contributed by atoms with van der Waals surface area (Å²) in [6.07, 6.45) is 0. The molecule has 23 heavy (non-hydrogen) atoms. The van der Waals surface area contributed by atoms with Crippen molar-refractivity contribution in [2.75, 3.05) is 0 Å². The number of para-hydroxylation sites is 2. The topological polar surface area (TPSA) is 104 Å². The number of carbonyl (C=O) groups is 2. The number of imidazole rings is 1. The SMILES string of the molecule is Cc1csc(-n2c(C(C)C(N)=O)nc3ccccc32)c1C(N)=O. The molecule has 6 nitrogen and oxygen atoms in total. The summed E-state index contributed by atoms with van der Waals surface area (Å²) in [7, 11) is 0. The minimum Gasteiger partial charge on any atom is -0.369 e. The molecule has 0 bridgehead atoms. The van der Waals surface area contributed by atoms with Crippen LogP contribution in [-0.2, 0) is 4.79 Å². The Morgan fingerprint density at radius 2 is 1.96 bits per heavy atom. The van der Waals surface area contributed by atoms with Gasteiger partial charge in [-0.15, -0.1) is 11.3 Å². The fraction of sp³-hybridized carbons (Fsp3) is 0.188. The number of benzene rings is 1. The number of nitrogens with zero attached hydrogens (tertiary/aromatic N) is 2. The molecule has 1 atom stereocenters. The van der Waals surface area contributed by atoms with Crippen molar-refractivity contribution in [3.8, 4) is 5.00 Å². The highest BCUT2D eigenvalue weighted by molar-refractivity contribution is 7.13. The van der Waals surface area contributed by atoms with E-state index in [1.807, 2.05) is 41.1 Å². The number of thiophene rings is 1. The van der Waals surface area contributed by atoms with Crippen LogP contribution in [0.15, 0.2) is 29.6 Å². The highest BCUT2D eigenvalue weighted by Gasteiger charge is 2.25. The first-order valence-corrected chi connectivity index (χ1v) is 7.94. The average Bonchev–Trinajstić information content (AvgIpc) is 3.06. The number of fused-ring (bicyclic) bond motifs is 1. The van der Waals surface area contributed by atoms with Gasteiger partial charge in [-0.3, -0.25) is 14.2 Å². The summed E-state index contributed by atoms with van der Waals surface area (Å²) in [5, 5.41) is 2.52. The smallest absolute Gasteiger partial charge is 0.251 e. The van der Waals surface area contributed by atoms with Gasteiger partial charge in [0.25, 0.3) is 5.91 Å². The fourth-order valence-electron chi connectivity index (χ4n) is 2.57. The number of rotatable bonds is 4. The Hall–Kier alpha value is -2.67. The first-order valence-electron chi connectivity index (χ1n) is 7.06. The van der Waals surface area contributed by atoms with E-state index in [4.69, 9.17) is 11.5 Å². The van der Waals surface area contributed by atoms with E-state index in [2.05, 4.69) is 4.98 Å². The largest absolute Gasteiger partial charge is 0.369 e. The molecule has 3 aromatic rings. The van der Waals surface area contributed by atoms with Crippen LogP contribution in [0.1, 0.15) is 34.6 Å². The van der Waals surface area contributed by atoms with Crippen molar-refractivity contribution >= 4 is 34.2 Å². The molecular weight excluding hydrogens is 312 g/mol. The van der Waals surface area contributed by atoms with Crippen molar-refractivity contribution in [1.82, 2.24) is 9.55 Å². The summed E-state index contributed by atoms with van der Waals surface area (Å²) in [4.78, 5) is 28.1. The third kappa shape index (κ3) is 2.39. The van der Waals surface area contributed by atoms with Crippen molar-refractivity contribution < 1.29 is 9.59 Å². The molecule has 0 saturated heterocycles. The van der Waals surface area contributed by atoms with Crippen LogP contribution in [-0.4, -0.2) is 21.4 Å². The summed E-state index contributed by atoms with van der Waals surface area (Å²) < 4.78 is 1.81. The van der Waals surface area contributed by atoms with Gasteiger partial charge >= 0.3 is 0 Å². The van der Waals surface area contributed by atoms with E-state index in [0.29, 0.717) is 16.4 Å². The molecular formula is C16H16N4O2S. The van der Waals surface area contributed by atoms with Gasteiger partial charge in [-0.2, -0.15) is 0 Å². The van der Waals surface area contributed by atoms with Crippen LogP contribution in [0.2, 0.25) is 0 Å². The Morgan fingerprint density at radius 1 is 1.26 bits per heavy atom. The van der Waals surface area contributed by atoms with Crippen LogP contribution in [0.5, 0.6) is 0 Å². The van der Waals surface area contributed by atoms with Crippen molar-refractivity contribution in [3.05, 3.63) is 46.6 Å². The zero-order valence-electron chi connectivity index (χ0n) is 12.7. The number of nitrogens with two attached hydrogens (primary N) is 2. The molecule has 2 aromatic heterocycles. The summed E-state index contributed by atoms with van der Waals surface area (Å²) in [5.41, 5.74) is 13.8. The van der Waals surface area contributed by atoms with Gasteiger partial charge in [-0.25, -0.2) is 4.98 Å². The van der Waals surface area contributed by atoms with Crippen molar-refractivity contribution in [1.29, 1.82) is 0 Å². The lowest BCUT2D eigenvalue weighted by Gasteiger charge is -2.12. The molecule has 118 valence electrons. The molecule has 1 aromatic carbocycles. The lowest BCUT2D eigenvalue weighted by atomic mass is 10.1. The minimum absolute atomic E-state index is 0.441. The van der Waals surface area contributed by atoms with Crippen LogP contribution in [0.3, 0.4) is 0 Å². The molecule has 0 spiro atoms. The molecule has 2 heterocycles. The van der Waals surface area contributed by atoms with Crippen LogP contribution < -0.4 is 11.5 Å². The van der Waals surface area contributed by atoms with Crippen LogP contribution in [0.4, 0.5) is 0 Å². The Kier molecular flexibility index (Phi) is 3.65. The van der Waals surface area contributed by atoms with Gasteiger partial charge in [0.1, 0.15) is 10.8 Å². The molecule has 0 saturated carbocycles. The van der Waals surface area contributed by atoms with Gasteiger partial charge in [-0.05, 0) is 36.9 Å². The quantitative estimate of drug-likeness (QED) is 0.766. The average molecular weight is 328 g/mol. The molecule has 4 N–H and O–H groups in total. The number of amides is 2. The maximum Gasteiger partial charge on any atom is 0.251 e. The number of primary amides is 2. The zero-order chi connectivity index (χ0) is 16.7. The Labute approximate surface area is 136 Å². The third-order valence-electron chi connectivity index (χ3n) is 3.81. The number of aryl methyl sites for hydroxylation is 1. The molecule has 0 aliphatic carbocycles. The normalized spacial score (nSPS) is 12.4. The minimum atomic E-state index is -0.592. The lowest BCUT2D eigenvalue weighted by molar-refractivity contribution is -0.119. The monoisotopic (exact) mass is 328 g/mol. The maximum atomic E-state index is 11.9. The fourth-order valence-corrected chi connectivity index (χ4v) is 3.65. The molecule has 7 heteroatoms. The van der Waals surface area contributed by atoms with E-state index in [1.165, 1.54) is 11.3 Å². The second-order valence-corrected chi connectivity index (χ2v) is 6.24. The number of hydrogen-bond donors (Lipinski definition) is 2. The van der Waals surface area contributed by atoms with Gasteiger partial charge in [0, 0.05) is 0 Å². The second-order valence-electron chi connectivity index (χ2n) is 5.38. The summed E-state index contributed by atoms with van der Waals surface area (Å²) >= 11 is 1.39. The van der Waals surface area contributed by atoms with Crippen LogP contribution >= 0.6 is 11.3 Å². The van der Waals surface area contributed by atoms with Crippen LogP contribution in [0.25, 0.3) is 16.0 Å².